The summed E-state index contributed by atoms with van der Waals surface area (Å²) in [5.41, 5.74) is 1.24. The molecule has 0 aliphatic carbocycles. The average molecular weight is 218 g/mol. The minimum Gasteiger partial charge on any atom is -0.367 e. The fourth-order valence-corrected chi connectivity index (χ4v) is 1.43. The first-order chi connectivity index (χ1) is 7.68. The number of amides is 1. The Bertz CT molecular complexity index is 476. The summed E-state index contributed by atoms with van der Waals surface area (Å²) in [4.78, 5) is 16.2. The van der Waals surface area contributed by atoms with Gasteiger partial charge in [-0.15, -0.1) is 0 Å². The van der Waals surface area contributed by atoms with Crippen molar-refractivity contribution in [3.8, 4) is 0 Å². The first kappa shape index (κ1) is 10.4. The highest BCUT2D eigenvalue weighted by atomic mass is 19.1. The Labute approximate surface area is 92.5 Å². The number of aromatic nitrogens is 1. The van der Waals surface area contributed by atoms with Crippen LogP contribution in [0.3, 0.4) is 0 Å². The maximum Gasteiger partial charge on any atom is 0.259 e. The molecule has 4 heteroatoms. The van der Waals surface area contributed by atoms with Gasteiger partial charge >= 0.3 is 0 Å². The predicted molar refractivity (Wildman–Crippen MR) is 59.9 cm³/mol. The molecule has 1 amide bonds. The van der Waals surface area contributed by atoms with Crippen molar-refractivity contribution in [2.24, 2.45) is 0 Å². The summed E-state index contributed by atoms with van der Waals surface area (Å²) in [6, 6.07) is 7.49. The van der Waals surface area contributed by atoms with E-state index in [4.69, 9.17) is 0 Å². The number of benzene rings is 1. The van der Waals surface area contributed by atoms with E-state index in [1.165, 1.54) is 17.0 Å². The van der Waals surface area contributed by atoms with Gasteiger partial charge in [0.05, 0.1) is 5.56 Å². The maximum atomic E-state index is 12.7. The van der Waals surface area contributed by atoms with Crippen LogP contribution in [-0.4, -0.2) is 17.9 Å². The lowest BCUT2D eigenvalue weighted by Crippen LogP contribution is -2.25. The van der Waals surface area contributed by atoms with Gasteiger partial charge in [0.25, 0.3) is 5.91 Å². The fraction of sp³-hybridized carbons (Fsp3) is 0.0833. The number of hydrogen-bond donors (Lipinski definition) is 1. The second-order valence-electron chi connectivity index (χ2n) is 3.44. The third kappa shape index (κ3) is 1.95. The van der Waals surface area contributed by atoms with Gasteiger partial charge in [0.2, 0.25) is 0 Å². The molecule has 0 bridgehead atoms. The van der Waals surface area contributed by atoms with E-state index in [1.54, 1.807) is 37.6 Å². The van der Waals surface area contributed by atoms with Crippen molar-refractivity contribution in [1.29, 1.82) is 0 Å². The number of rotatable bonds is 2. The van der Waals surface area contributed by atoms with Crippen molar-refractivity contribution >= 4 is 11.6 Å². The van der Waals surface area contributed by atoms with Crippen LogP contribution in [0.2, 0.25) is 0 Å². The SMILES string of the molecule is CN(C(=O)c1cc[nH]c1)c1ccc(F)cc1. The van der Waals surface area contributed by atoms with Crippen molar-refractivity contribution in [3.63, 3.8) is 0 Å². The van der Waals surface area contributed by atoms with E-state index >= 15 is 0 Å². The summed E-state index contributed by atoms with van der Waals surface area (Å²) >= 11 is 0. The van der Waals surface area contributed by atoms with Gasteiger partial charge in [-0.1, -0.05) is 0 Å². The smallest absolute Gasteiger partial charge is 0.259 e. The third-order valence-corrected chi connectivity index (χ3v) is 2.36. The summed E-state index contributed by atoms with van der Waals surface area (Å²) in [6.07, 6.45) is 3.31. The normalized spacial score (nSPS) is 10.1. The van der Waals surface area contributed by atoms with Gasteiger partial charge in [-0.3, -0.25) is 4.79 Å². The number of carbonyl (C=O) groups is 1. The number of aromatic amines is 1. The zero-order chi connectivity index (χ0) is 11.5. The quantitative estimate of drug-likeness (QED) is 0.825. The number of nitrogens with one attached hydrogen (secondary N) is 1. The summed E-state index contributed by atoms with van der Waals surface area (Å²) in [6.45, 7) is 0. The van der Waals surface area contributed by atoms with Crippen LogP contribution in [0.25, 0.3) is 0 Å². The minimum atomic E-state index is -0.314. The fourth-order valence-electron chi connectivity index (χ4n) is 1.43. The number of hydrogen-bond acceptors (Lipinski definition) is 1. The number of anilines is 1. The molecule has 0 saturated heterocycles. The molecule has 0 aliphatic rings. The summed E-state index contributed by atoms with van der Waals surface area (Å²) < 4.78 is 12.7. The molecule has 0 spiro atoms. The van der Waals surface area contributed by atoms with E-state index in [-0.39, 0.29) is 11.7 Å². The first-order valence-electron chi connectivity index (χ1n) is 4.85. The van der Waals surface area contributed by atoms with Crippen LogP contribution in [0.4, 0.5) is 10.1 Å². The molecule has 0 unspecified atom stereocenters. The Morgan fingerprint density at radius 2 is 1.94 bits per heavy atom. The highest BCUT2D eigenvalue weighted by Crippen LogP contribution is 2.15. The predicted octanol–water partition coefficient (Wildman–Crippen LogP) is 2.43. The van der Waals surface area contributed by atoms with Crippen LogP contribution in [0.5, 0.6) is 0 Å². The van der Waals surface area contributed by atoms with Gasteiger partial charge in [0, 0.05) is 25.1 Å². The van der Waals surface area contributed by atoms with Crippen LogP contribution in [0, 0.1) is 5.82 Å². The molecule has 1 aromatic carbocycles. The Hall–Kier alpha value is -2.10. The summed E-state index contributed by atoms with van der Waals surface area (Å²) in [5.74, 6) is -0.445. The molecule has 1 N–H and O–H groups in total. The minimum absolute atomic E-state index is 0.132. The molecule has 0 aliphatic heterocycles. The number of carbonyl (C=O) groups excluding carboxylic acids is 1. The molecule has 2 rings (SSSR count). The third-order valence-electron chi connectivity index (χ3n) is 2.36. The monoisotopic (exact) mass is 218 g/mol. The van der Waals surface area contributed by atoms with Crippen molar-refractivity contribution in [3.05, 3.63) is 54.1 Å². The van der Waals surface area contributed by atoms with Crippen LogP contribution < -0.4 is 4.90 Å². The van der Waals surface area contributed by atoms with E-state index < -0.39 is 0 Å². The standard InChI is InChI=1S/C12H11FN2O/c1-15(11-4-2-10(13)3-5-11)12(16)9-6-7-14-8-9/h2-8,14H,1H3. The van der Waals surface area contributed by atoms with Crippen LogP contribution in [0.1, 0.15) is 10.4 Å². The molecule has 0 fully saturated rings. The van der Waals surface area contributed by atoms with E-state index in [2.05, 4.69) is 4.98 Å². The lowest BCUT2D eigenvalue weighted by atomic mass is 10.2. The average Bonchev–Trinajstić information content (AvgIpc) is 2.81. The van der Waals surface area contributed by atoms with E-state index in [0.717, 1.165) is 0 Å². The van der Waals surface area contributed by atoms with E-state index in [0.29, 0.717) is 11.3 Å². The lowest BCUT2D eigenvalue weighted by molar-refractivity contribution is 0.0993. The van der Waals surface area contributed by atoms with Crippen molar-refractivity contribution in [1.82, 2.24) is 4.98 Å². The molecular formula is C12H11FN2O. The zero-order valence-electron chi connectivity index (χ0n) is 8.77. The number of H-pyrrole nitrogens is 1. The molecule has 1 aromatic heterocycles. The van der Waals surface area contributed by atoms with E-state index in [9.17, 15) is 9.18 Å². The summed E-state index contributed by atoms with van der Waals surface area (Å²) in [5, 5.41) is 0. The molecule has 0 atom stereocenters. The Morgan fingerprint density at radius 1 is 1.25 bits per heavy atom. The highest BCUT2D eigenvalue weighted by molar-refractivity contribution is 6.05. The molecule has 16 heavy (non-hydrogen) atoms. The maximum absolute atomic E-state index is 12.7. The highest BCUT2D eigenvalue weighted by Gasteiger charge is 2.13. The summed E-state index contributed by atoms with van der Waals surface area (Å²) in [7, 11) is 1.66. The number of nitrogens with zero attached hydrogens (tertiary/aromatic N) is 1. The van der Waals surface area contributed by atoms with Gasteiger partial charge < -0.3 is 9.88 Å². The molecule has 1 heterocycles. The zero-order valence-corrected chi connectivity index (χ0v) is 8.77. The lowest BCUT2D eigenvalue weighted by Gasteiger charge is -2.16. The molecule has 2 aromatic rings. The number of halogens is 1. The van der Waals surface area contributed by atoms with Gasteiger partial charge in [-0.05, 0) is 30.3 Å². The van der Waals surface area contributed by atoms with Gasteiger partial charge in [0.15, 0.2) is 0 Å². The van der Waals surface area contributed by atoms with Crippen molar-refractivity contribution < 1.29 is 9.18 Å². The van der Waals surface area contributed by atoms with Crippen molar-refractivity contribution in [2.75, 3.05) is 11.9 Å². The molecule has 82 valence electrons. The van der Waals surface area contributed by atoms with Crippen molar-refractivity contribution in [2.45, 2.75) is 0 Å². The van der Waals surface area contributed by atoms with Crippen LogP contribution in [0.15, 0.2) is 42.7 Å². The molecule has 0 saturated carbocycles. The second-order valence-corrected chi connectivity index (χ2v) is 3.44. The van der Waals surface area contributed by atoms with Gasteiger partial charge in [0.1, 0.15) is 5.82 Å². The van der Waals surface area contributed by atoms with Gasteiger partial charge in [-0.25, -0.2) is 4.39 Å². The molecule has 0 radical (unpaired) electrons. The largest absolute Gasteiger partial charge is 0.367 e. The molecular weight excluding hydrogens is 207 g/mol. The second kappa shape index (κ2) is 4.18. The van der Waals surface area contributed by atoms with E-state index in [1.807, 2.05) is 0 Å². The Kier molecular flexibility index (Phi) is 2.72. The first-order valence-corrected chi connectivity index (χ1v) is 4.85. The Balaban J connectivity index is 2.22. The van der Waals surface area contributed by atoms with Crippen LogP contribution >= 0.6 is 0 Å². The van der Waals surface area contributed by atoms with Crippen LogP contribution in [-0.2, 0) is 0 Å². The van der Waals surface area contributed by atoms with Gasteiger partial charge in [-0.2, -0.15) is 0 Å². The molecule has 3 nitrogen and oxygen atoms in total. The topological polar surface area (TPSA) is 36.1 Å². The Morgan fingerprint density at radius 3 is 2.50 bits per heavy atom.